The maximum atomic E-state index is 12.8. The minimum atomic E-state index is -0.174. The molecule has 0 unspecified atom stereocenters. The summed E-state index contributed by atoms with van der Waals surface area (Å²) in [6.07, 6.45) is 0.875. The molecule has 0 saturated carbocycles. The minimum Gasteiger partial charge on any atom is -0.334 e. The lowest BCUT2D eigenvalue weighted by atomic mass is 10.1. The van der Waals surface area contributed by atoms with Gasteiger partial charge in [0.1, 0.15) is 4.83 Å². The molecule has 5 nitrogen and oxygen atoms in total. The Labute approximate surface area is 148 Å². The number of benzene rings is 1. The fraction of sp³-hybridized carbons (Fsp3) is 0.294. The van der Waals surface area contributed by atoms with Crippen molar-refractivity contribution < 1.29 is 0 Å². The van der Waals surface area contributed by atoms with E-state index in [1.54, 1.807) is 23.5 Å². The maximum Gasteiger partial charge on any atom is 0.281 e. The van der Waals surface area contributed by atoms with Crippen LogP contribution in [-0.4, -0.2) is 27.6 Å². The zero-order valence-electron chi connectivity index (χ0n) is 13.3. The van der Waals surface area contributed by atoms with Crippen LogP contribution in [0.1, 0.15) is 17.4 Å². The van der Waals surface area contributed by atoms with Crippen molar-refractivity contribution in [3.63, 3.8) is 0 Å². The van der Waals surface area contributed by atoms with Gasteiger partial charge in [0.25, 0.3) is 5.56 Å². The van der Waals surface area contributed by atoms with Crippen molar-refractivity contribution in [3.05, 3.63) is 50.1 Å². The zero-order chi connectivity index (χ0) is 16.8. The summed E-state index contributed by atoms with van der Waals surface area (Å²) < 4.78 is 1.16. The first-order valence-electron chi connectivity index (χ1n) is 7.89. The van der Waals surface area contributed by atoms with Gasteiger partial charge in [-0.15, -0.1) is 11.3 Å². The third-order valence-electron chi connectivity index (χ3n) is 4.54. The van der Waals surface area contributed by atoms with Crippen molar-refractivity contribution in [2.45, 2.75) is 19.9 Å². The number of halogens is 1. The molecule has 2 aromatic heterocycles. The van der Waals surface area contributed by atoms with E-state index >= 15 is 0 Å². The Morgan fingerprint density at radius 3 is 2.79 bits per heavy atom. The molecule has 7 heteroatoms. The van der Waals surface area contributed by atoms with Gasteiger partial charge < -0.3 is 5.84 Å². The number of hydrogen-bond donors (Lipinski definition) is 1. The lowest BCUT2D eigenvalue weighted by molar-refractivity contribution is 0.272. The molecule has 2 N–H and O–H groups in total. The quantitative estimate of drug-likeness (QED) is 0.714. The molecule has 1 aromatic carbocycles. The van der Waals surface area contributed by atoms with Crippen molar-refractivity contribution in [1.82, 2.24) is 14.6 Å². The highest BCUT2D eigenvalue weighted by Gasteiger charge is 2.24. The van der Waals surface area contributed by atoms with E-state index in [2.05, 4.69) is 16.8 Å². The number of nitrogens with two attached hydrogens (primary N) is 1. The fourth-order valence-electron chi connectivity index (χ4n) is 3.18. The van der Waals surface area contributed by atoms with Crippen molar-refractivity contribution >= 4 is 33.2 Å². The van der Waals surface area contributed by atoms with Crippen molar-refractivity contribution in [2.24, 2.45) is 0 Å². The molecule has 24 heavy (non-hydrogen) atoms. The highest BCUT2D eigenvalue weighted by Crippen LogP contribution is 2.33. The number of thiophene rings is 1. The van der Waals surface area contributed by atoms with Gasteiger partial charge in [0.15, 0.2) is 5.82 Å². The summed E-state index contributed by atoms with van der Waals surface area (Å²) in [6, 6.07) is 7.19. The molecule has 0 aliphatic carbocycles. The summed E-state index contributed by atoms with van der Waals surface area (Å²) >= 11 is 7.54. The summed E-state index contributed by atoms with van der Waals surface area (Å²) in [4.78, 5) is 21.9. The third kappa shape index (κ3) is 2.42. The molecule has 0 saturated heterocycles. The van der Waals surface area contributed by atoms with E-state index in [1.165, 1.54) is 4.88 Å². The van der Waals surface area contributed by atoms with Crippen molar-refractivity contribution in [2.75, 3.05) is 18.9 Å². The molecule has 3 aromatic rings. The maximum absolute atomic E-state index is 12.8. The molecule has 3 heterocycles. The number of fused-ring (bicyclic) bond motifs is 3. The van der Waals surface area contributed by atoms with Gasteiger partial charge in [-0.25, -0.2) is 9.66 Å². The van der Waals surface area contributed by atoms with E-state index in [9.17, 15) is 4.79 Å². The van der Waals surface area contributed by atoms with Gasteiger partial charge in [-0.1, -0.05) is 18.5 Å². The van der Waals surface area contributed by atoms with E-state index < -0.39 is 0 Å². The number of likely N-dealkylation sites (N-methyl/N-ethyl adjacent to an activating group) is 1. The molecular formula is C17H17ClN4OS. The third-order valence-corrected chi connectivity index (χ3v) is 5.90. The molecule has 0 radical (unpaired) electrons. The van der Waals surface area contributed by atoms with Crippen LogP contribution in [0.5, 0.6) is 0 Å². The average Bonchev–Trinajstić information content (AvgIpc) is 2.96. The molecular weight excluding hydrogens is 344 g/mol. The highest BCUT2D eigenvalue weighted by molar-refractivity contribution is 7.18. The first kappa shape index (κ1) is 15.6. The Morgan fingerprint density at radius 2 is 2.08 bits per heavy atom. The Balaban J connectivity index is 1.92. The van der Waals surface area contributed by atoms with Crippen LogP contribution >= 0.6 is 22.9 Å². The van der Waals surface area contributed by atoms with E-state index in [1.807, 2.05) is 12.1 Å². The SMILES string of the molecule is CCN1CCc2c(sc3nc(-c4ccc(Cl)cc4)n(N)c(=O)c23)C1. The highest BCUT2D eigenvalue weighted by atomic mass is 35.5. The van der Waals surface area contributed by atoms with Crippen LogP contribution in [0.2, 0.25) is 5.02 Å². The van der Waals surface area contributed by atoms with E-state index in [0.29, 0.717) is 16.2 Å². The van der Waals surface area contributed by atoms with E-state index in [-0.39, 0.29) is 5.56 Å². The Kier molecular flexibility index (Phi) is 3.83. The van der Waals surface area contributed by atoms with Gasteiger partial charge in [-0.3, -0.25) is 9.69 Å². The van der Waals surface area contributed by atoms with Gasteiger partial charge in [-0.05, 0) is 42.8 Å². The Morgan fingerprint density at radius 1 is 1.33 bits per heavy atom. The summed E-state index contributed by atoms with van der Waals surface area (Å²) in [7, 11) is 0. The van der Waals surface area contributed by atoms with Crippen LogP contribution < -0.4 is 11.4 Å². The number of aromatic nitrogens is 2. The van der Waals surface area contributed by atoms with Crippen LogP contribution in [0.25, 0.3) is 21.6 Å². The zero-order valence-corrected chi connectivity index (χ0v) is 14.8. The van der Waals surface area contributed by atoms with Crippen LogP contribution in [-0.2, 0) is 13.0 Å². The second-order valence-electron chi connectivity index (χ2n) is 5.92. The molecule has 4 rings (SSSR count). The summed E-state index contributed by atoms with van der Waals surface area (Å²) in [5, 5.41) is 1.32. The largest absolute Gasteiger partial charge is 0.334 e. The summed E-state index contributed by atoms with van der Waals surface area (Å²) in [6.45, 7) is 5.02. The number of nitrogens with zero attached hydrogens (tertiary/aromatic N) is 3. The molecule has 1 aliphatic heterocycles. The summed E-state index contributed by atoms with van der Waals surface area (Å²) in [5.41, 5.74) is 1.73. The molecule has 1 aliphatic rings. The van der Waals surface area contributed by atoms with Gasteiger partial charge in [-0.2, -0.15) is 0 Å². The number of rotatable bonds is 2. The van der Waals surface area contributed by atoms with Gasteiger partial charge in [0, 0.05) is 28.6 Å². The molecule has 0 spiro atoms. The van der Waals surface area contributed by atoms with Crippen LogP contribution in [0.15, 0.2) is 29.1 Å². The second kappa shape index (κ2) is 5.88. The van der Waals surface area contributed by atoms with Crippen molar-refractivity contribution in [1.29, 1.82) is 0 Å². The van der Waals surface area contributed by atoms with Gasteiger partial charge >= 0.3 is 0 Å². The van der Waals surface area contributed by atoms with E-state index in [0.717, 1.165) is 46.7 Å². The standard InChI is InChI=1S/C17H17ClN4OS/c1-2-21-8-7-12-13(9-21)24-16-14(12)17(23)22(19)15(20-16)10-3-5-11(18)6-4-10/h3-6H,2,7-9,19H2,1H3. The fourth-order valence-corrected chi connectivity index (χ4v) is 4.56. The van der Waals surface area contributed by atoms with Crippen LogP contribution in [0.3, 0.4) is 0 Å². The number of hydrogen-bond acceptors (Lipinski definition) is 5. The molecule has 0 atom stereocenters. The van der Waals surface area contributed by atoms with Gasteiger partial charge in [0.05, 0.1) is 5.39 Å². The first-order valence-corrected chi connectivity index (χ1v) is 9.08. The predicted octanol–water partition coefficient (Wildman–Crippen LogP) is 2.87. The second-order valence-corrected chi connectivity index (χ2v) is 7.44. The summed E-state index contributed by atoms with van der Waals surface area (Å²) in [5.74, 6) is 6.54. The minimum absolute atomic E-state index is 0.174. The first-order chi connectivity index (χ1) is 11.6. The molecule has 0 amide bonds. The molecule has 124 valence electrons. The normalized spacial score (nSPS) is 14.9. The molecule has 0 bridgehead atoms. The lowest BCUT2D eigenvalue weighted by Crippen LogP contribution is -2.32. The van der Waals surface area contributed by atoms with Crippen LogP contribution in [0, 0.1) is 0 Å². The Hall–Kier alpha value is -1.89. The average molecular weight is 361 g/mol. The topological polar surface area (TPSA) is 64.2 Å². The number of nitrogen functional groups attached to an aromatic ring is 1. The lowest BCUT2D eigenvalue weighted by Gasteiger charge is -2.24. The Bertz CT molecular complexity index is 977. The monoisotopic (exact) mass is 360 g/mol. The van der Waals surface area contributed by atoms with Crippen LogP contribution in [0.4, 0.5) is 0 Å². The molecule has 0 fully saturated rings. The predicted molar refractivity (Wildman–Crippen MR) is 99.1 cm³/mol. The van der Waals surface area contributed by atoms with E-state index in [4.69, 9.17) is 17.4 Å². The smallest absolute Gasteiger partial charge is 0.281 e. The van der Waals surface area contributed by atoms with Gasteiger partial charge in [0.2, 0.25) is 0 Å². The van der Waals surface area contributed by atoms with Crippen molar-refractivity contribution in [3.8, 4) is 11.4 Å².